The Morgan fingerprint density at radius 3 is 2.33 bits per heavy atom. The molecule has 0 aromatic heterocycles. The zero-order chi connectivity index (χ0) is 16.9. The van der Waals surface area contributed by atoms with Crippen molar-refractivity contribution < 1.29 is 9.53 Å². The monoisotopic (exact) mass is 323 g/mol. The molecule has 1 atom stereocenters. The van der Waals surface area contributed by atoms with Gasteiger partial charge in [-0.05, 0) is 44.4 Å². The van der Waals surface area contributed by atoms with Gasteiger partial charge in [-0.3, -0.25) is 4.79 Å². The molecule has 0 aliphatic carbocycles. The Labute approximate surface area is 144 Å². The van der Waals surface area contributed by atoms with E-state index >= 15 is 0 Å². The molecule has 24 heavy (non-hydrogen) atoms. The lowest BCUT2D eigenvalue weighted by atomic mass is 10.1. The SMILES string of the molecule is Cc1ccc(COC2CCCN(C(=O)c3ccc(C)cc3)C2)cc1. The first kappa shape index (κ1) is 16.7. The summed E-state index contributed by atoms with van der Waals surface area (Å²) in [6.07, 6.45) is 2.13. The number of benzene rings is 2. The van der Waals surface area contributed by atoms with E-state index in [1.54, 1.807) is 0 Å². The lowest BCUT2D eigenvalue weighted by molar-refractivity contribution is -0.00673. The standard InChI is InChI=1S/C21H25NO2/c1-16-5-9-18(10-6-16)15-24-20-4-3-13-22(14-20)21(23)19-11-7-17(2)8-12-19/h5-12,20H,3-4,13-15H2,1-2H3. The second kappa shape index (κ2) is 7.63. The van der Waals surface area contributed by atoms with Gasteiger partial charge in [0, 0.05) is 18.7 Å². The van der Waals surface area contributed by atoms with Crippen LogP contribution >= 0.6 is 0 Å². The number of likely N-dealkylation sites (tertiary alicyclic amines) is 1. The van der Waals surface area contributed by atoms with Crippen molar-refractivity contribution in [1.82, 2.24) is 4.90 Å². The van der Waals surface area contributed by atoms with E-state index in [1.165, 1.54) is 16.7 Å². The molecule has 0 N–H and O–H groups in total. The van der Waals surface area contributed by atoms with Crippen LogP contribution in [0.4, 0.5) is 0 Å². The maximum absolute atomic E-state index is 12.6. The number of carbonyl (C=O) groups excluding carboxylic acids is 1. The zero-order valence-corrected chi connectivity index (χ0v) is 14.5. The summed E-state index contributed by atoms with van der Waals surface area (Å²) in [7, 11) is 0. The van der Waals surface area contributed by atoms with Crippen molar-refractivity contribution >= 4 is 5.91 Å². The molecule has 3 nitrogen and oxygen atoms in total. The molecular formula is C21H25NO2. The van der Waals surface area contributed by atoms with Gasteiger partial charge in [-0.2, -0.15) is 0 Å². The summed E-state index contributed by atoms with van der Waals surface area (Å²) in [5.41, 5.74) is 4.37. The van der Waals surface area contributed by atoms with E-state index in [4.69, 9.17) is 4.74 Å². The fourth-order valence-electron chi connectivity index (χ4n) is 3.04. The smallest absolute Gasteiger partial charge is 0.253 e. The molecule has 3 rings (SSSR count). The van der Waals surface area contributed by atoms with Crippen LogP contribution in [0, 0.1) is 13.8 Å². The van der Waals surface area contributed by atoms with Crippen LogP contribution in [0.2, 0.25) is 0 Å². The Morgan fingerprint density at radius 2 is 1.67 bits per heavy atom. The summed E-state index contributed by atoms with van der Waals surface area (Å²) in [5, 5.41) is 0. The maximum atomic E-state index is 12.6. The quantitative estimate of drug-likeness (QED) is 0.847. The van der Waals surface area contributed by atoms with Gasteiger partial charge in [0.15, 0.2) is 0 Å². The van der Waals surface area contributed by atoms with E-state index in [9.17, 15) is 4.79 Å². The number of amides is 1. The van der Waals surface area contributed by atoms with Crippen LogP contribution in [0.3, 0.4) is 0 Å². The van der Waals surface area contributed by atoms with E-state index in [1.807, 2.05) is 36.1 Å². The minimum absolute atomic E-state index is 0.110. The van der Waals surface area contributed by atoms with Crippen LogP contribution in [0.15, 0.2) is 48.5 Å². The highest BCUT2D eigenvalue weighted by Gasteiger charge is 2.24. The average molecular weight is 323 g/mol. The Morgan fingerprint density at radius 1 is 1.04 bits per heavy atom. The molecule has 3 heteroatoms. The average Bonchev–Trinajstić information content (AvgIpc) is 2.61. The van der Waals surface area contributed by atoms with Crippen molar-refractivity contribution in [2.75, 3.05) is 13.1 Å². The minimum Gasteiger partial charge on any atom is -0.372 e. The lowest BCUT2D eigenvalue weighted by Gasteiger charge is -2.32. The highest BCUT2D eigenvalue weighted by atomic mass is 16.5. The molecule has 0 radical (unpaired) electrons. The molecule has 1 heterocycles. The number of rotatable bonds is 4. The van der Waals surface area contributed by atoms with Crippen molar-refractivity contribution in [1.29, 1.82) is 0 Å². The summed E-state index contributed by atoms with van der Waals surface area (Å²) in [4.78, 5) is 14.6. The Hall–Kier alpha value is -2.13. The number of nitrogens with zero attached hydrogens (tertiary/aromatic N) is 1. The molecule has 2 aromatic rings. The predicted molar refractivity (Wildman–Crippen MR) is 96.1 cm³/mol. The number of ether oxygens (including phenoxy) is 1. The predicted octanol–water partition coefficient (Wildman–Crippen LogP) is 4.12. The van der Waals surface area contributed by atoms with Crippen LogP contribution in [-0.2, 0) is 11.3 Å². The second-order valence-electron chi connectivity index (χ2n) is 6.68. The molecule has 0 bridgehead atoms. The molecule has 2 aromatic carbocycles. The van der Waals surface area contributed by atoms with E-state index in [2.05, 4.69) is 31.2 Å². The van der Waals surface area contributed by atoms with Crippen LogP contribution in [-0.4, -0.2) is 30.0 Å². The number of aryl methyl sites for hydroxylation is 2. The topological polar surface area (TPSA) is 29.5 Å². The van der Waals surface area contributed by atoms with Gasteiger partial charge in [-0.25, -0.2) is 0 Å². The van der Waals surface area contributed by atoms with E-state index in [0.717, 1.165) is 24.9 Å². The normalized spacial score (nSPS) is 17.8. The molecule has 1 amide bonds. The molecule has 1 fully saturated rings. The van der Waals surface area contributed by atoms with E-state index in [-0.39, 0.29) is 12.0 Å². The minimum atomic E-state index is 0.110. The van der Waals surface area contributed by atoms with Gasteiger partial charge in [0.05, 0.1) is 12.7 Å². The third kappa shape index (κ3) is 4.24. The van der Waals surface area contributed by atoms with Crippen molar-refractivity contribution in [2.24, 2.45) is 0 Å². The maximum Gasteiger partial charge on any atom is 0.253 e. The number of hydrogen-bond acceptors (Lipinski definition) is 2. The largest absolute Gasteiger partial charge is 0.372 e. The molecule has 1 unspecified atom stereocenters. The van der Waals surface area contributed by atoms with E-state index in [0.29, 0.717) is 13.2 Å². The first-order valence-corrected chi connectivity index (χ1v) is 8.65. The fraction of sp³-hybridized carbons (Fsp3) is 0.381. The summed E-state index contributed by atoms with van der Waals surface area (Å²) < 4.78 is 6.05. The first-order chi connectivity index (χ1) is 11.6. The van der Waals surface area contributed by atoms with Gasteiger partial charge >= 0.3 is 0 Å². The fourth-order valence-corrected chi connectivity index (χ4v) is 3.04. The van der Waals surface area contributed by atoms with E-state index < -0.39 is 0 Å². The third-order valence-electron chi connectivity index (χ3n) is 4.57. The molecule has 1 saturated heterocycles. The van der Waals surface area contributed by atoms with Crippen molar-refractivity contribution in [2.45, 2.75) is 39.4 Å². The van der Waals surface area contributed by atoms with Crippen molar-refractivity contribution in [3.05, 3.63) is 70.8 Å². The zero-order valence-electron chi connectivity index (χ0n) is 14.5. The second-order valence-corrected chi connectivity index (χ2v) is 6.68. The van der Waals surface area contributed by atoms with Crippen LogP contribution in [0.25, 0.3) is 0 Å². The van der Waals surface area contributed by atoms with Gasteiger partial charge in [0.25, 0.3) is 5.91 Å². The highest BCUT2D eigenvalue weighted by molar-refractivity contribution is 5.94. The van der Waals surface area contributed by atoms with Gasteiger partial charge < -0.3 is 9.64 Å². The molecule has 1 aliphatic heterocycles. The van der Waals surface area contributed by atoms with Gasteiger partial charge in [0.1, 0.15) is 0 Å². The summed E-state index contributed by atoms with van der Waals surface area (Å²) in [6, 6.07) is 16.2. The highest BCUT2D eigenvalue weighted by Crippen LogP contribution is 2.18. The number of carbonyl (C=O) groups is 1. The van der Waals surface area contributed by atoms with Crippen molar-refractivity contribution in [3.8, 4) is 0 Å². The van der Waals surface area contributed by atoms with Gasteiger partial charge in [0.2, 0.25) is 0 Å². The van der Waals surface area contributed by atoms with Gasteiger partial charge in [-0.1, -0.05) is 47.5 Å². The molecule has 0 spiro atoms. The van der Waals surface area contributed by atoms with Crippen LogP contribution in [0.5, 0.6) is 0 Å². The first-order valence-electron chi connectivity index (χ1n) is 8.65. The third-order valence-corrected chi connectivity index (χ3v) is 4.57. The Balaban J connectivity index is 1.56. The van der Waals surface area contributed by atoms with Crippen LogP contribution < -0.4 is 0 Å². The lowest BCUT2D eigenvalue weighted by Crippen LogP contribution is -2.43. The molecule has 0 saturated carbocycles. The number of piperidine rings is 1. The Bertz CT molecular complexity index is 676. The molecular weight excluding hydrogens is 298 g/mol. The Kier molecular flexibility index (Phi) is 5.31. The molecule has 1 aliphatic rings. The molecule has 126 valence electrons. The summed E-state index contributed by atoms with van der Waals surface area (Å²) >= 11 is 0. The van der Waals surface area contributed by atoms with Crippen molar-refractivity contribution in [3.63, 3.8) is 0 Å². The van der Waals surface area contributed by atoms with Crippen LogP contribution in [0.1, 0.15) is 39.9 Å². The number of hydrogen-bond donors (Lipinski definition) is 0. The van der Waals surface area contributed by atoms with Gasteiger partial charge in [-0.15, -0.1) is 0 Å². The summed E-state index contributed by atoms with van der Waals surface area (Å²) in [5.74, 6) is 0.110. The summed E-state index contributed by atoms with van der Waals surface area (Å²) in [6.45, 7) is 6.22.